The number of pyridine rings is 1. The summed E-state index contributed by atoms with van der Waals surface area (Å²) in [6.45, 7) is 6.13. The van der Waals surface area contributed by atoms with Gasteiger partial charge in [0.1, 0.15) is 0 Å². The number of amides is 1. The van der Waals surface area contributed by atoms with Crippen LogP contribution in [0.3, 0.4) is 0 Å². The summed E-state index contributed by atoms with van der Waals surface area (Å²) in [6.07, 6.45) is -1.22. The van der Waals surface area contributed by atoms with Gasteiger partial charge in [0.05, 0.1) is 11.7 Å². The number of halogens is 3. The smallest absolute Gasteiger partial charge is 0.422 e. The van der Waals surface area contributed by atoms with Crippen LogP contribution in [0.15, 0.2) is 18.3 Å². The number of carbonyl (C=O) groups excluding carboxylic acids is 1. The van der Waals surface area contributed by atoms with Crippen molar-refractivity contribution in [2.75, 3.05) is 19.8 Å². The van der Waals surface area contributed by atoms with Crippen molar-refractivity contribution < 1.29 is 27.4 Å². The Kier molecular flexibility index (Phi) is 6.49. The maximum Gasteiger partial charge on any atom is 0.422 e. The number of rotatable bonds is 5. The molecule has 1 N–H and O–H groups in total. The highest BCUT2D eigenvalue weighted by Gasteiger charge is 2.35. The molecule has 2 heterocycles. The van der Waals surface area contributed by atoms with Crippen LogP contribution >= 0.6 is 0 Å². The van der Waals surface area contributed by atoms with E-state index in [1.807, 2.05) is 0 Å². The molecule has 0 unspecified atom stereocenters. The monoisotopic (exact) mass is 374 g/mol. The van der Waals surface area contributed by atoms with Gasteiger partial charge in [-0.2, -0.15) is 13.2 Å². The third-order valence-electron chi connectivity index (χ3n) is 4.21. The summed E-state index contributed by atoms with van der Waals surface area (Å²) in [7, 11) is 0. The molecule has 1 aliphatic rings. The first kappa shape index (κ1) is 20.5. The first-order valence-electron chi connectivity index (χ1n) is 8.62. The Morgan fingerprint density at radius 1 is 1.35 bits per heavy atom. The molecule has 1 aliphatic heterocycles. The molecule has 0 radical (unpaired) electrons. The van der Waals surface area contributed by atoms with Crippen LogP contribution < -0.4 is 10.1 Å². The van der Waals surface area contributed by atoms with Gasteiger partial charge in [-0.3, -0.25) is 4.79 Å². The Hall–Kier alpha value is -1.83. The highest BCUT2D eigenvalue weighted by molar-refractivity contribution is 5.93. The summed E-state index contributed by atoms with van der Waals surface area (Å²) in [5.74, 6) is -0.277. The van der Waals surface area contributed by atoms with Crippen molar-refractivity contribution in [3.63, 3.8) is 0 Å². The summed E-state index contributed by atoms with van der Waals surface area (Å²) in [6, 6.07) is 2.65. The normalized spacial score (nSPS) is 21.3. The minimum atomic E-state index is -4.43. The van der Waals surface area contributed by atoms with E-state index in [-0.39, 0.29) is 34.8 Å². The van der Waals surface area contributed by atoms with Crippen LogP contribution in [-0.2, 0) is 4.74 Å². The Labute approximate surface area is 151 Å². The van der Waals surface area contributed by atoms with Gasteiger partial charge in [-0.25, -0.2) is 4.98 Å². The third kappa shape index (κ3) is 6.16. The van der Waals surface area contributed by atoms with Crippen molar-refractivity contribution >= 4 is 5.91 Å². The van der Waals surface area contributed by atoms with Gasteiger partial charge in [0.15, 0.2) is 6.61 Å². The number of aromatic nitrogens is 1. The lowest BCUT2D eigenvalue weighted by Crippen LogP contribution is -2.45. The largest absolute Gasteiger partial charge is 0.468 e. The third-order valence-corrected chi connectivity index (χ3v) is 4.21. The highest BCUT2D eigenvalue weighted by atomic mass is 19.4. The fraction of sp³-hybridized carbons (Fsp3) is 0.667. The lowest BCUT2D eigenvalue weighted by atomic mass is 9.78. The molecular weight excluding hydrogens is 349 g/mol. The summed E-state index contributed by atoms with van der Waals surface area (Å²) in [5.41, 5.74) is 0.253. The molecule has 1 aromatic rings. The van der Waals surface area contributed by atoms with Crippen LogP contribution in [0.2, 0.25) is 0 Å². The van der Waals surface area contributed by atoms with Gasteiger partial charge < -0.3 is 14.8 Å². The zero-order valence-corrected chi connectivity index (χ0v) is 15.2. The highest BCUT2D eigenvalue weighted by Crippen LogP contribution is 2.33. The van der Waals surface area contributed by atoms with E-state index >= 15 is 0 Å². The second-order valence-electron chi connectivity index (χ2n) is 7.56. The molecule has 2 atom stereocenters. The predicted octanol–water partition coefficient (Wildman–Crippen LogP) is 3.59. The molecule has 1 fully saturated rings. The predicted molar refractivity (Wildman–Crippen MR) is 90.0 cm³/mol. The molecule has 0 bridgehead atoms. The first-order chi connectivity index (χ1) is 12.1. The van der Waals surface area contributed by atoms with Crippen molar-refractivity contribution in [3.05, 3.63) is 23.9 Å². The van der Waals surface area contributed by atoms with Crippen LogP contribution in [-0.4, -0.2) is 42.9 Å². The Morgan fingerprint density at radius 2 is 2.08 bits per heavy atom. The number of hydrogen-bond donors (Lipinski definition) is 1. The van der Waals surface area contributed by atoms with Crippen molar-refractivity contribution in [3.8, 4) is 5.88 Å². The molecule has 8 heteroatoms. The molecular formula is C18H25F3N2O3. The van der Waals surface area contributed by atoms with Gasteiger partial charge >= 0.3 is 6.18 Å². The molecule has 1 amide bonds. The maximum absolute atomic E-state index is 12.3. The van der Waals surface area contributed by atoms with E-state index in [1.165, 1.54) is 18.3 Å². The van der Waals surface area contributed by atoms with E-state index in [4.69, 9.17) is 4.74 Å². The Balaban J connectivity index is 1.89. The molecule has 0 saturated carbocycles. The lowest BCUT2D eigenvalue weighted by molar-refractivity contribution is -0.154. The minimum Gasteiger partial charge on any atom is -0.468 e. The molecule has 146 valence electrons. The summed E-state index contributed by atoms with van der Waals surface area (Å²) in [4.78, 5) is 16.0. The topological polar surface area (TPSA) is 60.5 Å². The van der Waals surface area contributed by atoms with Gasteiger partial charge in [-0.05, 0) is 24.3 Å². The van der Waals surface area contributed by atoms with Crippen molar-refractivity contribution in [1.29, 1.82) is 0 Å². The molecule has 0 spiro atoms. The number of alkyl halides is 3. The number of carbonyl (C=O) groups is 1. The van der Waals surface area contributed by atoms with Crippen LogP contribution in [0.4, 0.5) is 13.2 Å². The average molecular weight is 374 g/mol. The van der Waals surface area contributed by atoms with E-state index in [2.05, 4.69) is 35.8 Å². The fourth-order valence-corrected chi connectivity index (χ4v) is 3.09. The van der Waals surface area contributed by atoms with Gasteiger partial charge in [-0.15, -0.1) is 0 Å². The van der Waals surface area contributed by atoms with Gasteiger partial charge in [0.2, 0.25) is 5.88 Å². The molecule has 0 aromatic carbocycles. The number of nitrogens with zero attached hydrogens (tertiary/aromatic N) is 1. The van der Waals surface area contributed by atoms with E-state index in [9.17, 15) is 18.0 Å². The fourth-order valence-electron chi connectivity index (χ4n) is 3.09. The van der Waals surface area contributed by atoms with Crippen LogP contribution in [0.1, 0.15) is 44.0 Å². The molecule has 1 aromatic heterocycles. The zero-order chi connectivity index (χ0) is 19.4. The van der Waals surface area contributed by atoms with Crippen LogP contribution in [0, 0.1) is 11.3 Å². The van der Waals surface area contributed by atoms with Crippen LogP contribution in [0.25, 0.3) is 0 Å². The Bertz CT molecular complexity index is 597. The molecule has 5 nitrogen and oxygen atoms in total. The minimum absolute atomic E-state index is 0.0190. The average Bonchev–Trinajstić information content (AvgIpc) is 2.57. The van der Waals surface area contributed by atoms with Crippen molar-refractivity contribution in [2.45, 2.75) is 45.9 Å². The van der Waals surface area contributed by atoms with Gasteiger partial charge in [0.25, 0.3) is 5.91 Å². The summed E-state index contributed by atoms with van der Waals surface area (Å²) in [5, 5.41) is 2.87. The van der Waals surface area contributed by atoms with Crippen molar-refractivity contribution in [1.82, 2.24) is 10.3 Å². The molecule has 2 rings (SSSR count). The van der Waals surface area contributed by atoms with E-state index in [0.29, 0.717) is 6.54 Å². The first-order valence-corrected chi connectivity index (χ1v) is 8.62. The lowest BCUT2D eigenvalue weighted by Gasteiger charge is -2.40. The van der Waals surface area contributed by atoms with E-state index in [1.54, 1.807) is 0 Å². The van der Waals surface area contributed by atoms with Gasteiger partial charge in [0, 0.05) is 31.3 Å². The molecule has 1 saturated heterocycles. The molecule has 26 heavy (non-hydrogen) atoms. The molecule has 0 aliphatic carbocycles. The van der Waals surface area contributed by atoms with Gasteiger partial charge in [-0.1, -0.05) is 20.8 Å². The maximum atomic E-state index is 12.3. The number of ether oxygens (including phenoxy) is 2. The van der Waals surface area contributed by atoms with Crippen LogP contribution in [0.5, 0.6) is 5.88 Å². The summed E-state index contributed by atoms with van der Waals surface area (Å²) < 4.78 is 46.8. The Morgan fingerprint density at radius 3 is 2.65 bits per heavy atom. The second kappa shape index (κ2) is 8.24. The van der Waals surface area contributed by atoms with E-state index < -0.39 is 12.8 Å². The van der Waals surface area contributed by atoms with Crippen molar-refractivity contribution in [2.24, 2.45) is 11.3 Å². The number of hydrogen-bond acceptors (Lipinski definition) is 4. The zero-order valence-electron chi connectivity index (χ0n) is 15.2. The van der Waals surface area contributed by atoms with E-state index in [0.717, 1.165) is 19.4 Å². The quantitative estimate of drug-likeness (QED) is 0.856. The second-order valence-corrected chi connectivity index (χ2v) is 7.56. The standard InChI is InChI=1S/C18H25F3N2O3/c1-17(2,3)15-12(5-4-8-25-15)9-23-16(24)13-6-7-14(22-10-13)26-11-18(19,20)21/h6-7,10,12,15H,4-5,8-9,11H2,1-3H3,(H,23,24)/t12-,15+/m1/s1. The SMILES string of the molecule is CC(C)(C)[C@H]1OCCC[C@@H]1CNC(=O)c1ccc(OCC(F)(F)F)nc1. The number of nitrogens with one attached hydrogen (secondary N) is 1. The summed E-state index contributed by atoms with van der Waals surface area (Å²) >= 11 is 0.